The molecule has 3 atom stereocenters. The summed E-state index contributed by atoms with van der Waals surface area (Å²) in [6.07, 6.45) is 1.01. The molecular formula is C29H27N9O10. The van der Waals surface area contributed by atoms with Crippen LogP contribution in [0.15, 0.2) is 89.6 Å². The van der Waals surface area contributed by atoms with Crippen molar-refractivity contribution < 1.29 is 19.5 Å². The van der Waals surface area contributed by atoms with Gasteiger partial charge in [-0.25, -0.2) is 19.2 Å². The second-order valence-corrected chi connectivity index (χ2v) is 10.6. The minimum atomic E-state index is -1.83. The maximum atomic E-state index is 13.5. The molecule has 0 fully saturated rings. The van der Waals surface area contributed by atoms with Gasteiger partial charge in [0.2, 0.25) is 11.8 Å². The number of hydrogen-bond acceptors (Lipinski definition) is 10. The number of fused-ring (bicyclic) bond motifs is 2. The number of amides is 2. The molecule has 2 amide bonds. The molecule has 0 aliphatic rings. The highest BCUT2D eigenvalue weighted by Gasteiger charge is 2.30. The average molecular weight is 662 g/mol. The normalized spacial score (nSPS) is 13.1. The molecule has 248 valence electrons. The molecule has 19 nitrogen and oxygen atoms in total. The van der Waals surface area contributed by atoms with Gasteiger partial charge in [-0.3, -0.25) is 42.7 Å². The monoisotopic (exact) mass is 661 g/mol. The summed E-state index contributed by atoms with van der Waals surface area (Å²) in [7, 11) is 0. The highest BCUT2D eigenvalue weighted by molar-refractivity contribution is 5.91. The number of para-hydroxylation sites is 2. The molecule has 0 aliphatic heterocycles. The molecule has 0 bridgehead atoms. The summed E-state index contributed by atoms with van der Waals surface area (Å²) in [5.74, 6) is -3.93. The Balaban J connectivity index is 1.46. The molecule has 2 aromatic carbocycles. The van der Waals surface area contributed by atoms with E-state index in [2.05, 4.69) is 20.6 Å². The van der Waals surface area contributed by atoms with Crippen molar-refractivity contribution in [3.05, 3.63) is 123 Å². The minimum absolute atomic E-state index is 0.0649. The number of carboxylic acids is 1. The minimum Gasteiger partial charge on any atom is -0.480 e. The van der Waals surface area contributed by atoms with E-state index in [1.807, 2.05) is 4.98 Å². The van der Waals surface area contributed by atoms with E-state index in [1.165, 1.54) is 30.3 Å². The third kappa shape index (κ3) is 6.79. The zero-order chi connectivity index (χ0) is 34.7. The maximum absolute atomic E-state index is 13.5. The van der Waals surface area contributed by atoms with Crippen molar-refractivity contribution in [2.75, 3.05) is 0 Å². The summed E-state index contributed by atoms with van der Waals surface area (Å²) in [5, 5.41) is 14.4. The number of nitrogens with one attached hydrogen (secondary N) is 5. The second kappa shape index (κ2) is 13.4. The number of hydrogen-bond donors (Lipinski definition) is 7. The summed E-state index contributed by atoms with van der Waals surface area (Å²) in [6.45, 7) is -2.13. The van der Waals surface area contributed by atoms with E-state index in [9.17, 15) is 48.3 Å². The molecule has 48 heavy (non-hydrogen) atoms. The van der Waals surface area contributed by atoms with Crippen molar-refractivity contribution in [1.29, 1.82) is 0 Å². The summed E-state index contributed by atoms with van der Waals surface area (Å²) in [4.78, 5) is 121. The van der Waals surface area contributed by atoms with Gasteiger partial charge in [-0.15, -0.1) is 0 Å². The number of benzene rings is 2. The highest BCUT2D eigenvalue weighted by atomic mass is 16.4. The number of H-pyrrole nitrogens is 3. The maximum Gasteiger partial charge on any atom is 0.328 e. The lowest BCUT2D eigenvalue weighted by Crippen LogP contribution is -2.59. The standard InChI is InChI=1S/C29H27N9O10/c30-16(11-37-24(42)14-5-1-3-7-17(14)33-28(37)47)22(40)31-19(13-38-25(43)15-6-2-4-8-18(15)34-29(38)48)23(41)32-20(26(44)45)12-36-10-9-21(39)35-27(36)46/h1-10,16,19-20H,11-13,30H2,(H,31,40)(H,32,41)(H,33,47)(H,34,48)(H,44,45)(H,35,39,46)/t16-,19-,20-/m1/s1. The average Bonchev–Trinajstić information content (AvgIpc) is 3.04. The van der Waals surface area contributed by atoms with Gasteiger partial charge in [0.15, 0.2) is 0 Å². The van der Waals surface area contributed by atoms with Crippen LogP contribution in [-0.4, -0.2) is 69.7 Å². The summed E-state index contributed by atoms with van der Waals surface area (Å²) in [5.41, 5.74) is 1.35. The quantitative estimate of drug-likeness (QED) is 0.0724. The van der Waals surface area contributed by atoms with E-state index < -0.39 is 89.3 Å². The summed E-state index contributed by atoms with van der Waals surface area (Å²) in [6, 6.07) is 7.80. The van der Waals surface area contributed by atoms with Crippen LogP contribution in [0.5, 0.6) is 0 Å². The molecule has 3 heterocycles. The first-order valence-electron chi connectivity index (χ1n) is 14.2. The topological polar surface area (TPSA) is 286 Å². The largest absolute Gasteiger partial charge is 0.480 e. The van der Waals surface area contributed by atoms with Gasteiger partial charge >= 0.3 is 23.0 Å². The lowest BCUT2D eigenvalue weighted by molar-refractivity contribution is -0.142. The first kappa shape index (κ1) is 32.8. The Kier molecular flexibility index (Phi) is 9.13. The predicted octanol–water partition coefficient (Wildman–Crippen LogP) is -3.68. The molecule has 0 radical (unpaired) electrons. The zero-order valence-corrected chi connectivity index (χ0v) is 24.7. The first-order valence-corrected chi connectivity index (χ1v) is 14.2. The van der Waals surface area contributed by atoms with Crippen molar-refractivity contribution in [3.63, 3.8) is 0 Å². The van der Waals surface area contributed by atoms with E-state index in [-0.39, 0.29) is 21.8 Å². The van der Waals surface area contributed by atoms with Crippen LogP contribution in [0, 0.1) is 0 Å². The van der Waals surface area contributed by atoms with Crippen molar-refractivity contribution in [2.24, 2.45) is 5.73 Å². The molecule has 19 heteroatoms. The molecule has 8 N–H and O–H groups in total. The lowest BCUT2D eigenvalue weighted by atomic mass is 10.2. The van der Waals surface area contributed by atoms with Crippen LogP contribution in [0.2, 0.25) is 0 Å². The molecule has 0 saturated heterocycles. The zero-order valence-electron chi connectivity index (χ0n) is 24.7. The molecule has 0 unspecified atom stereocenters. The van der Waals surface area contributed by atoms with E-state index in [4.69, 9.17) is 5.73 Å². The summed E-state index contributed by atoms with van der Waals surface area (Å²) < 4.78 is 2.10. The molecular weight excluding hydrogens is 634 g/mol. The van der Waals surface area contributed by atoms with Crippen molar-refractivity contribution in [2.45, 2.75) is 37.8 Å². The summed E-state index contributed by atoms with van der Waals surface area (Å²) >= 11 is 0. The Morgan fingerprint density at radius 2 is 1.19 bits per heavy atom. The first-order chi connectivity index (χ1) is 22.8. The number of carbonyl (C=O) groups is 3. The SMILES string of the molecule is N[C@H](Cn1c(=O)[nH]c2ccccc2c1=O)C(=O)N[C@H](Cn1c(=O)[nH]c2ccccc2c1=O)C(=O)N[C@H](Cn1ccc(=O)[nH]c1=O)C(=O)O. The van der Waals surface area contributed by atoms with Gasteiger partial charge in [0.1, 0.15) is 18.1 Å². The van der Waals surface area contributed by atoms with E-state index in [0.29, 0.717) is 9.13 Å². The lowest BCUT2D eigenvalue weighted by Gasteiger charge is -2.23. The fraction of sp³-hybridized carbons (Fsp3) is 0.207. The van der Waals surface area contributed by atoms with Gasteiger partial charge in [-0.1, -0.05) is 24.3 Å². The Hall–Kier alpha value is -6.63. The fourth-order valence-electron chi connectivity index (χ4n) is 4.91. The van der Waals surface area contributed by atoms with Crippen LogP contribution in [0.25, 0.3) is 21.8 Å². The van der Waals surface area contributed by atoms with Crippen molar-refractivity contribution in [1.82, 2.24) is 39.3 Å². The number of rotatable bonds is 11. The van der Waals surface area contributed by atoms with Gasteiger partial charge in [0, 0.05) is 12.3 Å². The van der Waals surface area contributed by atoms with Crippen LogP contribution >= 0.6 is 0 Å². The number of aromatic nitrogens is 6. The van der Waals surface area contributed by atoms with Crippen LogP contribution < -0.4 is 50.1 Å². The third-order valence-corrected chi connectivity index (χ3v) is 7.38. The van der Waals surface area contributed by atoms with Gasteiger partial charge in [0.25, 0.3) is 16.7 Å². The van der Waals surface area contributed by atoms with Crippen LogP contribution in [0.4, 0.5) is 0 Å². The molecule has 5 rings (SSSR count). The van der Waals surface area contributed by atoms with E-state index >= 15 is 0 Å². The number of carboxylic acid groups (broad SMARTS) is 1. The molecule has 0 aliphatic carbocycles. The highest BCUT2D eigenvalue weighted by Crippen LogP contribution is 2.05. The Labute approximate surface area is 265 Å². The number of nitrogens with zero attached hydrogens (tertiary/aromatic N) is 3. The number of carbonyl (C=O) groups excluding carboxylic acids is 2. The molecule has 0 spiro atoms. The Morgan fingerprint density at radius 3 is 1.73 bits per heavy atom. The van der Waals surface area contributed by atoms with E-state index in [1.54, 1.807) is 18.2 Å². The fourth-order valence-corrected chi connectivity index (χ4v) is 4.91. The van der Waals surface area contributed by atoms with Gasteiger partial charge in [-0.2, -0.15) is 0 Å². The second-order valence-electron chi connectivity index (χ2n) is 10.6. The molecule has 3 aromatic heterocycles. The van der Waals surface area contributed by atoms with E-state index in [0.717, 1.165) is 16.8 Å². The predicted molar refractivity (Wildman–Crippen MR) is 168 cm³/mol. The Morgan fingerprint density at radius 1 is 0.667 bits per heavy atom. The van der Waals surface area contributed by atoms with Crippen LogP contribution in [0.1, 0.15) is 0 Å². The van der Waals surface area contributed by atoms with Gasteiger partial charge < -0.3 is 31.4 Å². The molecule has 5 aromatic rings. The van der Waals surface area contributed by atoms with Crippen molar-refractivity contribution in [3.8, 4) is 0 Å². The number of aromatic amines is 3. The van der Waals surface area contributed by atoms with Gasteiger partial charge in [-0.05, 0) is 24.3 Å². The Bertz CT molecular complexity index is 2440. The smallest absolute Gasteiger partial charge is 0.328 e. The van der Waals surface area contributed by atoms with Crippen LogP contribution in [-0.2, 0) is 34.0 Å². The third-order valence-electron chi connectivity index (χ3n) is 7.38. The number of aliphatic carboxylic acids is 1. The van der Waals surface area contributed by atoms with Crippen LogP contribution in [0.3, 0.4) is 0 Å². The molecule has 0 saturated carbocycles. The van der Waals surface area contributed by atoms with Gasteiger partial charge in [0.05, 0.1) is 41.4 Å². The van der Waals surface area contributed by atoms with Crippen molar-refractivity contribution >= 4 is 39.6 Å². The number of nitrogens with two attached hydrogens (primary N) is 1.